The zero-order chi connectivity index (χ0) is 26.8. The third kappa shape index (κ3) is 6.18. The van der Waals surface area contributed by atoms with Crippen LogP contribution in [0.15, 0.2) is 41.3 Å². The van der Waals surface area contributed by atoms with Gasteiger partial charge in [0.2, 0.25) is 6.86 Å². The van der Waals surface area contributed by atoms with E-state index in [1.165, 1.54) is 24.8 Å². The van der Waals surface area contributed by atoms with Crippen LogP contribution in [0.5, 0.6) is 5.75 Å². The highest BCUT2D eigenvalue weighted by Crippen LogP contribution is 2.54. The standard InChI is InChI=1S/C28H36F2N4O3S/c1-27(30)8-12-34(18-27)24-16-20(2-5-25(24)37-19-29)32-26(36)22-4-3-21(38-31-11-15-35)17-23(22)33-13-9-28(6-7-28)10-14-33/h2-5,16-17,31,35H,6-15,18-19H2,1H3,(H,32,36). The molecule has 7 nitrogen and oxygen atoms in total. The van der Waals surface area contributed by atoms with E-state index in [-0.39, 0.29) is 19.1 Å². The van der Waals surface area contributed by atoms with E-state index >= 15 is 0 Å². The van der Waals surface area contributed by atoms with Crippen molar-refractivity contribution in [1.29, 1.82) is 0 Å². The molecule has 1 spiro atoms. The predicted molar refractivity (Wildman–Crippen MR) is 148 cm³/mol. The minimum Gasteiger partial charge on any atom is -0.461 e. The van der Waals surface area contributed by atoms with E-state index in [4.69, 9.17) is 9.84 Å². The number of aliphatic hydroxyl groups excluding tert-OH is 1. The summed E-state index contributed by atoms with van der Waals surface area (Å²) in [6.07, 6.45) is 5.25. The molecule has 10 heteroatoms. The van der Waals surface area contributed by atoms with Gasteiger partial charge in [0.15, 0.2) is 0 Å². The topological polar surface area (TPSA) is 77.1 Å². The number of benzene rings is 2. The molecule has 2 aliphatic heterocycles. The fraction of sp³-hybridized carbons (Fsp3) is 0.536. The van der Waals surface area contributed by atoms with Gasteiger partial charge in [-0.25, -0.2) is 8.78 Å². The number of hydrogen-bond acceptors (Lipinski definition) is 7. The Morgan fingerprint density at radius 2 is 1.82 bits per heavy atom. The van der Waals surface area contributed by atoms with Crippen molar-refractivity contribution in [3.63, 3.8) is 0 Å². The molecule has 2 aromatic carbocycles. The molecule has 0 aromatic heterocycles. The fourth-order valence-corrected chi connectivity index (χ4v) is 6.13. The van der Waals surface area contributed by atoms with Crippen LogP contribution in [0.4, 0.5) is 25.8 Å². The summed E-state index contributed by atoms with van der Waals surface area (Å²) in [4.78, 5) is 18.7. The second-order valence-electron chi connectivity index (χ2n) is 10.9. The first-order valence-corrected chi connectivity index (χ1v) is 14.1. The molecule has 3 aliphatic rings. The van der Waals surface area contributed by atoms with E-state index in [0.29, 0.717) is 47.6 Å². The minimum atomic E-state index is -1.33. The summed E-state index contributed by atoms with van der Waals surface area (Å²) in [5.41, 5.74) is 1.74. The molecule has 1 unspecified atom stereocenters. The highest BCUT2D eigenvalue weighted by Gasteiger charge is 2.44. The van der Waals surface area contributed by atoms with Crippen LogP contribution in [0.3, 0.4) is 0 Å². The number of halogens is 2. The van der Waals surface area contributed by atoms with Crippen LogP contribution >= 0.6 is 11.9 Å². The number of nitrogens with one attached hydrogen (secondary N) is 2. The molecule has 1 saturated carbocycles. The van der Waals surface area contributed by atoms with Crippen LogP contribution in [-0.2, 0) is 0 Å². The Morgan fingerprint density at radius 1 is 1.05 bits per heavy atom. The number of aliphatic hydroxyl groups is 1. The SMILES string of the molecule is CC1(F)CCN(c2cc(NC(=O)c3ccc(SNCCO)cc3N3CCC4(CC3)CC4)ccc2OCF)C1. The van der Waals surface area contributed by atoms with Gasteiger partial charge in [-0.3, -0.25) is 9.52 Å². The van der Waals surface area contributed by atoms with Crippen LogP contribution in [0, 0.1) is 5.41 Å². The van der Waals surface area contributed by atoms with Gasteiger partial charge in [-0.05, 0) is 86.4 Å². The maximum atomic E-state index is 14.6. The largest absolute Gasteiger partial charge is 0.461 e. The highest BCUT2D eigenvalue weighted by atomic mass is 32.2. The molecular formula is C28H36F2N4O3S. The maximum absolute atomic E-state index is 14.6. The first-order chi connectivity index (χ1) is 18.3. The summed E-state index contributed by atoms with van der Waals surface area (Å²) in [5.74, 6) is 0.0800. The lowest BCUT2D eigenvalue weighted by Crippen LogP contribution is -2.35. The van der Waals surface area contributed by atoms with Gasteiger partial charge in [-0.15, -0.1) is 0 Å². The van der Waals surface area contributed by atoms with Gasteiger partial charge in [0, 0.05) is 43.2 Å². The van der Waals surface area contributed by atoms with Crippen LogP contribution in [-0.4, -0.2) is 62.9 Å². The zero-order valence-electron chi connectivity index (χ0n) is 21.8. The molecule has 1 atom stereocenters. The van der Waals surface area contributed by atoms with Crippen molar-refractivity contribution in [1.82, 2.24) is 4.72 Å². The van der Waals surface area contributed by atoms with Crippen molar-refractivity contribution < 1.29 is 23.4 Å². The lowest BCUT2D eigenvalue weighted by molar-refractivity contribution is 0.102. The molecule has 2 saturated heterocycles. The zero-order valence-corrected chi connectivity index (χ0v) is 22.6. The number of hydrogen-bond donors (Lipinski definition) is 3. The Balaban J connectivity index is 1.38. The van der Waals surface area contributed by atoms with E-state index in [1.54, 1.807) is 25.1 Å². The van der Waals surface area contributed by atoms with Crippen molar-refractivity contribution in [2.75, 3.05) is 61.3 Å². The van der Waals surface area contributed by atoms with Crippen LogP contribution in [0.2, 0.25) is 0 Å². The maximum Gasteiger partial charge on any atom is 0.257 e. The molecule has 206 valence electrons. The average Bonchev–Trinajstić information content (AvgIpc) is 3.56. The number of alkyl halides is 2. The number of carbonyl (C=O) groups excluding carboxylic acids is 1. The molecule has 38 heavy (non-hydrogen) atoms. The smallest absolute Gasteiger partial charge is 0.257 e. The van der Waals surface area contributed by atoms with E-state index in [9.17, 15) is 13.6 Å². The third-order valence-electron chi connectivity index (χ3n) is 7.93. The molecule has 2 aromatic rings. The second kappa shape index (κ2) is 11.3. The molecule has 0 bridgehead atoms. The molecule has 1 aliphatic carbocycles. The molecule has 3 N–H and O–H groups in total. The molecule has 0 radical (unpaired) electrons. The number of piperidine rings is 1. The average molecular weight is 547 g/mol. The van der Waals surface area contributed by atoms with Crippen LogP contribution in [0.1, 0.15) is 49.4 Å². The van der Waals surface area contributed by atoms with Gasteiger partial charge < -0.3 is 25.0 Å². The number of carbonyl (C=O) groups is 1. The minimum absolute atomic E-state index is 0.0493. The van der Waals surface area contributed by atoms with Crippen molar-refractivity contribution in [3.05, 3.63) is 42.0 Å². The monoisotopic (exact) mass is 546 g/mol. The summed E-state index contributed by atoms with van der Waals surface area (Å²) in [7, 11) is 0. The lowest BCUT2D eigenvalue weighted by Gasteiger charge is -2.35. The van der Waals surface area contributed by atoms with Crippen molar-refractivity contribution in [2.24, 2.45) is 5.41 Å². The van der Waals surface area contributed by atoms with Gasteiger partial charge in [0.05, 0.1) is 30.1 Å². The Hall–Kier alpha value is -2.56. The predicted octanol–water partition coefficient (Wildman–Crippen LogP) is 5.15. The summed E-state index contributed by atoms with van der Waals surface area (Å²) < 4.78 is 35.9. The van der Waals surface area contributed by atoms with E-state index in [0.717, 1.165) is 36.5 Å². The Kier molecular flexibility index (Phi) is 8.02. The number of amides is 1. The summed E-state index contributed by atoms with van der Waals surface area (Å²) in [6, 6.07) is 10.8. The van der Waals surface area contributed by atoms with Crippen molar-refractivity contribution >= 4 is 34.9 Å². The molecular weight excluding hydrogens is 510 g/mol. The molecule has 1 amide bonds. The summed E-state index contributed by atoms with van der Waals surface area (Å²) >= 11 is 1.43. The van der Waals surface area contributed by atoms with Gasteiger partial charge >= 0.3 is 0 Å². The number of nitrogens with zero attached hydrogens (tertiary/aromatic N) is 2. The lowest BCUT2D eigenvalue weighted by atomic mass is 9.93. The van der Waals surface area contributed by atoms with Gasteiger partial charge in [0.1, 0.15) is 11.4 Å². The van der Waals surface area contributed by atoms with Crippen molar-refractivity contribution in [2.45, 2.75) is 49.6 Å². The second-order valence-corrected chi connectivity index (χ2v) is 11.8. The summed E-state index contributed by atoms with van der Waals surface area (Å²) in [6.45, 7) is 3.57. The highest BCUT2D eigenvalue weighted by molar-refractivity contribution is 7.97. The number of anilines is 3. The molecule has 5 rings (SSSR count). The number of ether oxygens (including phenoxy) is 1. The first-order valence-electron chi connectivity index (χ1n) is 13.3. The van der Waals surface area contributed by atoms with Crippen LogP contribution < -0.4 is 24.6 Å². The number of rotatable bonds is 10. The van der Waals surface area contributed by atoms with Crippen LogP contribution in [0.25, 0.3) is 0 Å². The van der Waals surface area contributed by atoms with E-state index in [1.807, 2.05) is 23.1 Å². The van der Waals surface area contributed by atoms with Crippen molar-refractivity contribution in [3.8, 4) is 5.75 Å². The Bertz CT molecular complexity index is 1150. The van der Waals surface area contributed by atoms with Gasteiger partial charge in [-0.1, -0.05) is 0 Å². The Morgan fingerprint density at radius 3 is 2.47 bits per heavy atom. The normalized spacial score (nSPS) is 22.1. The summed E-state index contributed by atoms with van der Waals surface area (Å²) in [5, 5.41) is 12.1. The van der Waals surface area contributed by atoms with E-state index in [2.05, 4.69) is 14.9 Å². The molecule has 2 heterocycles. The molecule has 3 fully saturated rings. The van der Waals surface area contributed by atoms with Gasteiger partial charge in [0.25, 0.3) is 5.91 Å². The first kappa shape index (κ1) is 27.0. The third-order valence-corrected chi connectivity index (χ3v) is 8.77. The van der Waals surface area contributed by atoms with Gasteiger partial charge in [-0.2, -0.15) is 0 Å². The van der Waals surface area contributed by atoms with E-state index < -0.39 is 12.5 Å². The Labute approximate surface area is 227 Å². The quantitative estimate of drug-likeness (QED) is 0.281. The fourth-order valence-electron chi connectivity index (χ4n) is 5.46.